The van der Waals surface area contributed by atoms with Gasteiger partial charge in [-0.15, -0.1) is 0 Å². The molecule has 0 aliphatic rings. The highest BCUT2D eigenvalue weighted by Crippen LogP contribution is 2.28. The number of aryl methyl sites for hydroxylation is 1. The molecule has 3 rings (SSSR count). The van der Waals surface area contributed by atoms with Gasteiger partial charge in [0.25, 0.3) is 15.9 Å². The van der Waals surface area contributed by atoms with Crippen molar-refractivity contribution in [1.29, 1.82) is 0 Å². The van der Waals surface area contributed by atoms with E-state index in [1.54, 1.807) is 36.4 Å². The molecular formula is C22H22N2O5S. The number of methoxy groups -OCH3 is 2. The molecular weight excluding hydrogens is 404 g/mol. The number of anilines is 2. The van der Waals surface area contributed by atoms with Crippen LogP contribution in [0, 0.1) is 6.92 Å². The van der Waals surface area contributed by atoms with Crippen LogP contribution in [0.25, 0.3) is 0 Å². The van der Waals surface area contributed by atoms with Crippen LogP contribution >= 0.6 is 0 Å². The average molecular weight is 426 g/mol. The summed E-state index contributed by atoms with van der Waals surface area (Å²) in [7, 11) is -0.733. The summed E-state index contributed by atoms with van der Waals surface area (Å²) in [4.78, 5) is 12.6. The number of hydrogen-bond donors (Lipinski definition) is 2. The fourth-order valence-electron chi connectivity index (χ4n) is 2.82. The third kappa shape index (κ3) is 4.90. The maximum absolute atomic E-state index is 12.6. The van der Waals surface area contributed by atoms with Gasteiger partial charge in [-0.2, -0.15) is 0 Å². The van der Waals surface area contributed by atoms with Crippen molar-refractivity contribution >= 4 is 27.3 Å². The Hall–Kier alpha value is -3.52. The van der Waals surface area contributed by atoms with Crippen LogP contribution < -0.4 is 19.5 Å². The lowest BCUT2D eigenvalue weighted by molar-refractivity contribution is 0.102. The Kier molecular flexibility index (Phi) is 6.27. The second-order valence-corrected chi connectivity index (χ2v) is 8.21. The molecule has 0 aliphatic carbocycles. The van der Waals surface area contributed by atoms with E-state index >= 15 is 0 Å². The normalized spacial score (nSPS) is 10.9. The molecule has 7 nitrogen and oxygen atoms in total. The first-order valence-electron chi connectivity index (χ1n) is 9.05. The summed E-state index contributed by atoms with van der Waals surface area (Å²) in [6, 6.07) is 17.8. The van der Waals surface area contributed by atoms with E-state index in [0.717, 1.165) is 5.56 Å². The molecule has 30 heavy (non-hydrogen) atoms. The van der Waals surface area contributed by atoms with E-state index in [1.807, 2.05) is 13.0 Å². The summed E-state index contributed by atoms with van der Waals surface area (Å²) in [6.07, 6.45) is 0. The first kappa shape index (κ1) is 21.2. The van der Waals surface area contributed by atoms with Crippen LogP contribution in [0.4, 0.5) is 11.4 Å². The number of rotatable bonds is 7. The van der Waals surface area contributed by atoms with Crippen molar-refractivity contribution < 1.29 is 22.7 Å². The predicted molar refractivity (Wildman–Crippen MR) is 116 cm³/mol. The third-order valence-corrected chi connectivity index (χ3v) is 5.74. The molecule has 0 aromatic heterocycles. The molecule has 0 unspecified atom stereocenters. The van der Waals surface area contributed by atoms with Gasteiger partial charge in [0, 0.05) is 16.9 Å². The van der Waals surface area contributed by atoms with Crippen LogP contribution in [0.15, 0.2) is 71.6 Å². The van der Waals surface area contributed by atoms with Crippen molar-refractivity contribution in [1.82, 2.24) is 0 Å². The third-order valence-electron chi connectivity index (χ3n) is 4.34. The molecule has 156 valence electrons. The van der Waals surface area contributed by atoms with Gasteiger partial charge in [-0.25, -0.2) is 8.42 Å². The van der Waals surface area contributed by atoms with Crippen molar-refractivity contribution in [3.63, 3.8) is 0 Å². The van der Waals surface area contributed by atoms with Gasteiger partial charge in [-0.1, -0.05) is 12.1 Å². The number of ether oxygens (including phenoxy) is 2. The van der Waals surface area contributed by atoms with Crippen molar-refractivity contribution in [3.8, 4) is 11.5 Å². The molecule has 0 saturated carbocycles. The van der Waals surface area contributed by atoms with Gasteiger partial charge < -0.3 is 14.8 Å². The first-order chi connectivity index (χ1) is 14.3. The number of carbonyl (C=O) groups excluding carboxylic acids is 1. The van der Waals surface area contributed by atoms with Gasteiger partial charge in [0.15, 0.2) is 11.5 Å². The van der Waals surface area contributed by atoms with Crippen LogP contribution in [0.5, 0.6) is 11.5 Å². The lowest BCUT2D eigenvalue weighted by atomic mass is 10.2. The molecule has 0 bridgehead atoms. The van der Waals surface area contributed by atoms with E-state index in [-0.39, 0.29) is 10.8 Å². The van der Waals surface area contributed by atoms with Crippen molar-refractivity contribution in [2.24, 2.45) is 0 Å². The van der Waals surface area contributed by atoms with Gasteiger partial charge in [-0.05, 0) is 67.1 Å². The number of sulfonamides is 1. The zero-order chi connectivity index (χ0) is 21.7. The fourth-order valence-corrected chi connectivity index (χ4v) is 3.87. The van der Waals surface area contributed by atoms with Crippen molar-refractivity contribution in [2.75, 3.05) is 24.3 Å². The first-order valence-corrected chi connectivity index (χ1v) is 10.5. The van der Waals surface area contributed by atoms with Crippen LogP contribution in [-0.4, -0.2) is 28.5 Å². The molecule has 0 radical (unpaired) electrons. The molecule has 0 saturated heterocycles. The molecule has 0 atom stereocenters. The van der Waals surface area contributed by atoms with Crippen LogP contribution in [0.2, 0.25) is 0 Å². The molecule has 0 fully saturated rings. The molecule has 8 heteroatoms. The number of carbonyl (C=O) groups is 1. The Morgan fingerprint density at radius 1 is 0.833 bits per heavy atom. The Morgan fingerprint density at radius 3 is 2.17 bits per heavy atom. The average Bonchev–Trinajstić information content (AvgIpc) is 2.73. The van der Waals surface area contributed by atoms with Gasteiger partial charge >= 0.3 is 0 Å². The Bertz CT molecular complexity index is 1160. The van der Waals surface area contributed by atoms with E-state index in [9.17, 15) is 13.2 Å². The standard InChI is InChI=1S/C22H22N2O5S/c1-15-5-4-6-18(13-15)24-30(26,27)19-10-8-17(9-11-19)23-22(25)16-7-12-20(28-2)21(14-16)29-3/h4-14,24H,1-3H3,(H,23,25). The van der Waals surface area contributed by atoms with Crippen molar-refractivity contribution in [2.45, 2.75) is 11.8 Å². The highest BCUT2D eigenvalue weighted by atomic mass is 32.2. The van der Waals surface area contributed by atoms with E-state index < -0.39 is 10.0 Å². The second kappa shape index (κ2) is 8.87. The molecule has 0 spiro atoms. The summed E-state index contributed by atoms with van der Waals surface area (Å²) in [5.74, 6) is 0.600. The number of amides is 1. The van der Waals surface area contributed by atoms with E-state index in [2.05, 4.69) is 10.0 Å². The largest absolute Gasteiger partial charge is 0.493 e. The minimum Gasteiger partial charge on any atom is -0.493 e. The van der Waals surface area contributed by atoms with E-state index in [4.69, 9.17) is 9.47 Å². The topological polar surface area (TPSA) is 93.7 Å². The highest BCUT2D eigenvalue weighted by Gasteiger charge is 2.15. The molecule has 0 heterocycles. The number of benzene rings is 3. The van der Waals surface area contributed by atoms with Gasteiger partial charge in [0.1, 0.15) is 0 Å². The molecule has 3 aromatic rings. The maximum atomic E-state index is 12.6. The highest BCUT2D eigenvalue weighted by molar-refractivity contribution is 7.92. The second-order valence-electron chi connectivity index (χ2n) is 6.52. The molecule has 1 amide bonds. The maximum Gasteiger partial charge on any atom is 0.261 e. The Labute approximate surface area is 175 Å². The minimum absolute atomic E-state index is 0.0909. The lowest BCUT2D eigenvalue weighted by Crippen LogP contribution is -2.14. The lowest BCUT2D eigenvalue weighted by Gasteiger charge is -2.11. The number of nitrogens with one attached hydrogen (secondary N) is 2. The molecule has 3 aromatic carbocycles. The quantitative estimate of drug-likeness (QED) is 0.594. The van der Waals surface area contributed by atoms with Crippen LogP contribution in [-0.2, 0) is 10.0 Å². The summed E-state index contributed by atoms with van der Waals surface area (Å²) in [5, 5.41) is 2.73. The molecule has 2 N–H and O–H groups in total. The summed E-state index contributed by atoms with van der Waals surface area (Å²) in [6.45, 7) is 1.88. The minimum atomic E-state index is -3.74. The van der Waals surface area contributed by atoms with Crippen LogP contribution in [0.1, 0.15) is 15.9 Å². The summed E-state index contributed by atoms with van der Waals surface area (Å²) >= 11 is 0. The van der Waals surface area contributed by atoms with Crippen molar-refractivity contribution in [3.05, 3.63) is 77.9 Å². The Morgan fingerprint density at radius 2 is 1.53 bits per heavy atom. The monoisotopic (exact) mass is 426 g/mol. The molecule has 0 aliphatic heterocycles. The van der Waals surface area contributed by atoms with Crippen LogP contribution in [0.3, 0.4) is 0 Å². The van der Waals surface area contributed by atoms with Gasteiger partial charge in [0.2, 0.25) is 0 Å². The summed E-state index contributed by atoms with van der Waals surface area (Å²) < 4.78 is 38.1. The zero-order valence-electron chi connectivity index (χ0n) is 16.8. The van der Waals surface area contributed by atoms with Gasteiger partial charge in [0.05, 0.1) is 19.1 Å². The number of hydrogen-bond acceptors (Lipinski definition) is 5. The van der Waals surface area contributed by atoms with E-state index in [0.29, 0.717) is 28.4 Å². The summed E-state index contributed by atoms with van der Waals surface area (Å²) in [5.41, 5.74) is 2.28. The Balaban J connectivity index is 1.73. The van der Waals surface area contributed by atoms with E-state index in [1.165, 1.54) is 38.5 Å². The SMILES string of the molecule is COc1ccc(C(=O)Nc2ccc(S(=O)(=O)Nc3cccc(C)c3)cc2)cc1OC. The van der Waals surface area contributed by atoms with Gasteiger partial charge in [-0.3, -0.25) is 9.52 Å². The fraction of sp³-hybridized carbons (Fsp3) is 0.136. The predicted octanol–water partition coefficient (Wildman–Crippen LogP) is 4.07. The zero-order valence-corrected chi connectivity index (χ0v) is 17.6. The smallest absolute Gasteiger partial charge is 0.261 e.